The van der Waals surface area contributed by atoms with Crippen LogP contribution in [0.25, 0.3) is 11.0 Å². The molecular formula is C34H45ClN6O4. The number of benzene rings is 2. The first-order chi connectivity index (χ1) is 21.5. The van der Waals surface area contributed by atoms with E-state index in [4.69, 9.17) is 21.3 Å². The van der Waals surface area contributed by atoms with Gasteiger partial charge in [0.1, 0.15) is 11.9 Å². The highest BCUT2D eigenvalue weighted by Crippen LogP contribution is 2.60. The summed E-state index contributed by atoms with van der Waals surface area (Å²) in [6.07, 6.45) is 2.50. The van der Waals surface area contributed by atoms with E-state index in [1.165, 1.54) is 0 Å². The molecule has 10 nitrogen and oxygen atoms in total. The van der Waals surface area contributed by atoms with Crippen molar-refractivity contribution >= 4 is 40.5 Å². The van der Waals surface area contributed by atoms with Gasteiger partial charge < -0.3 is 31.0 Å². The maximum absolute atomic E-state index is 14.0. The van der Waals surface area contributed by atoms with Crippen LogP contribution < -0.4 is 21.3 Å². The number of urea groups is 1. The highest BCUT2D eigenvalue weighted by Gasteiger charge is 2.51. The monoisotopic (exact) mass is 636 g/mol. The Morgan fingerprint density at radius 1 is 1.02 bits per heavy atom. The van der Waals surface area contributed by atoms with Crippen LogP contribution in [0.2, 0.25) is 5.02 Å². The first-order valence-corrected chi connectivity index (χ1v) is 16.4. The summed E-state index contributed by atoms with van der Waals surface area (Å²) in [6.45, 7) is 11.4. The van der Waals surface area contributed by atoms with Gasteiger partial charge in [0, 0.05) is 30.6 Å². The van der Waals surface area contributed by atoms with Crippen molar-refractivity contribution in [1.29, 1.82) is 0 Å². The van der Waals surface area contributed by atoms with Gasteiger partial charge in [-0.2, -0.15) is 0 Å². The van der Waals surface area contributed by atoms with Gasteiger partial charge in [-0.05, 0) is 73.8 Å². The largest absolute Gasteiger partial charge is 0.380 e. The highest BCUT2D eigenvalue weighted by atomic mass is 35.5. The minimum atomic E-state index is -0.959. The number of aromatic amines is 1. The molecule has 2 fully saturated rings. The number of amides is 4. The van der Waals surface area contributed by atoms with Crippen LogP contribution in [0.5, 0.6) is 0 Å². The van der Waals surface area contributed by atoms with Crippen molar-refractivity contribution in [1.82, 2.24) is 31.2 Å². The number of carbonyl (C=O) groups excluding carboxylic acids is 3. The summed E-state index contributed by atoms with van der Waals surface area (Å²) in [6, 6.07) is 12.1. The molecule has 5 N–H and O–H groups in total. The number of carbonyl (C=O) groups is 3. The summed E-state index contributed by atoms with van der Waals surface area (Å²) in [5.74, 6) is -0.0432. The molecule has 3 aromatic rings. The zero-order chi connectivity index (χ0) is 32.4. The fraction of sp³-hybridized carbons (Fsp3) is 0.529. The Kier molecular flexibility index (Phi) is 9.74. The lowest BCUT2D eigenvalue weighted by atomic mass is 9.78. The normalized spacial score (nSPS) is 20.8. The van der Waals surface area contributed by atoms with Crippen LogP contribution in [0.4, 0.5) is 4.79 Å². The average Bonchev–Trinajstić information content (AvgIpc) is 3.38. The number of aromatic nitrogens is 2. The predicted octanol–water partition coefficient (Wildman–Crippen LogP) is 5.10. The van der Waals surface area contributed by atoms with E-state index in [-0.39, 0.29) is 41.7 Å². The van der Waals surface area contributed by atoms with E-state index in [1.54, 1.807) is 0 Å². The van der Waals surface area contributed by atoms with Crippen molar-refractivity contribution in [2.75, 3.05) is 26.3 Å². The Balaban J connectivity index is 1.53. The topological polar surface area (TPSA) is 137 Å². The summed E-state index contributed by atoms with van der Waals surface area (Å²) in [4.78, 5) is 48.2. The van der Waals surface area contributed by atoms with Gasteiger partial charge in [-0.1, -0.05) is 56.6 Å². The first kappa shape index (κ1) is 32.8. The molecule has 0 bridgehead atoms. The van der Waals surface area contributed by atoms with Crippen molar-refractivity contribution in [3.05, 3.63) is 64.4 Å². The summed E-state index contributed by atoms with van der Waals surface area (Å²) in [5.41, 5.74) is 2.18. The second kappa shape index (κ2) is 13.4. The third-order valence-corrected chi connectivity index (χ3v) is 9.72. The van der Waals surface area contributed by atoms with E-state index in [1.807, 2.05) is 70.2 Å². The second-order valence-corrected chi connectivity index (χ2v) is 13.4. The Hall–Kier alpha value is -3.63. The van der Waals surface area contributed by atoms with E-state index in [0.29, 0.717) is 42.5 Å². The zero-order valence-corrected chi connectivity index (χ0v) is 27.5. The number of fused-ring (bicyclic) bond motifs is 1. The molecule has 1 aliphatic carbocycles. The van der Waals surface area contributed by atoms with Gasteiger partial charge in [-0.15, -0.1) is 0 Å². The van der Waals surface area contributed by atoms with E-state index < -0.39 is 17.5 Å². The quantitative estimate of drug-likeness (QED) is 0.189. The van der Waals surface area contributed by atoms with Crippen molar-refractivity contribution in [2.45, 2.75) is 77.3 Å². The molecule has 1 aliphatic heterocycles. The first-order valence-electron chi connectivity index (χ1n) is 16.0. The molecule has 1 saturated carbocycles. The van der Waals surface area contributed by atoms with Crippen LogP contribution in [0.15, 0.2) is 42.5 Å². The molecule has 4 atom stereocenters. The number of ether oxygens (including phenoxy) is 1. The minimum absolute atomic E-state index is 0.0698. The van der Waals surface area contributed by atoms with E-state index in [9.17, 15) is 14.4 Å². The Bertz CT molecular complexity index is 1540. The number of halogens is 1. The van der Waals surface area contributed by atoms with E-state index in [2.05, 4.69) is 33.2 Å². The fourth-order valence-corrected chi connectivity index (χ4v) is 6.78. The average molecular weight is 637 g/mol. The van der Waals surface area contributed by atoms with E-state index in [0.717, 1.165) is 29.5 Å². The molecule has 1 aromatic heterocycles. The maximum Gasteiger partial charge on any atom is 0.315 e. The number of likely N-dealkylation sites (N-methyl/N-ethyl adjacent to an activating group) is 1. The van der Waals surface area contributed by atoms with Crippen LogP contribution in [-0.2, 0) is 19.7 Å². The number of nitrogens with one attached hydrogen (secondary N) is 5. The molecule has 1 unspecified atom stereocenters. The summed E-state index contributed by atoms with van der Waals surface area (Å²) in [5, 5.41) is 12.6. The molecule has 0 radical (unpaired) electrons. The summed E-state index contributed by atoms with van der Waals surface area (Å²) >= 11 is 6.76. The van der Waals surface area contributed by atoms with Crippen molar-refractivity contribution in [3.8, 4) is 0 Å². The minimum Gasteiger partial charge on any atom is -0.380 e. The van der Waals surface area contributed by atoms with Crippen molar-refractivity contribution < 1.29 is 19.1 Å². The standard InChI is InChI=1S/C34H45ClN6O4/c1-6-36-30(42)27(20(3)4)40-31(43)34(16-17-45-19-34)21-12-13-24-25(18-21)39-29(38-24)28(41-32(44)37-7-2)26(33(5)14-15-33)22-10-8-9-11-23(22)35/h8-13,18,20,26-28H,6-7,14-17,19H2,1-5H3,(H,36,42)(H,38,39)(H,40,43)(H2,37,41,44)/t26-,27+,28-,34?/m0/s1. The van der Waals surface area contributed by atoms with Gasteiger partial charge in [-0.25, -0.2) is 9.78 Å². The molecule has 2 aliphatic rings. The molecule has 1 saturated heterocycles. The number of imidazole rings is 1. The lowest BCUT2D eigenvalue weighted by molar-refractivity contribution is -0.133. The number of hydrogen-bond donors (Lipinski definition) is 5. The van der Waals surface area contributed by atoms with Gasteiger partial charge in [0.05, 0.1) is 29.1 Å². The molecule has 0 spiro atoms. The summed E-state index contributed by atoms with van der Waals surface area (Å²) < 4.78 is 5.79. The molecule has 45 heavy (non-hydrogen) atoms. The maximum atomic E-state index is 14.0. The van der Waals surface area contributed by atoms with Gasteiger partial charge in [-0.3, -0.25) is 9.59 Å². The molecule has 242 valence electrons. The lowest BCUT2D eigenvalue weighted by Gasteiger charge is -2.32. The molecule has 4 amide bonds. The van der Waals surface area contributed by atoms with Gasteiger partial charge in [0.25, 0.3) is 0 Å². The lowest BCUT2D eigenvalue weighted by Crippen LogP contribution is -2.55. The number of rotatable bonds is 12. The van der Waals surface area contributed by atoms with Crippen LogP contribution >= 0.6 is 11.6 Å². The number of hydrogen-bond acceptors (Lipinski definition) is 5. The Morgan fingerprint density at radius 3 is 2.38 bits per heavy atom. The smallest absolute Gasteiger partial charge is 0.315 e. The van der Waals surface area contributed by atoms with Crippen LogP contribution in [0, 0.1) is 11.3 Å². The summed E-state index contributed by atoms with van der Waals surface area (Å²) in [7, 11) is 0. The number of nitrogens with zero attached hydrogens (tertiary/aromatic N) is 1. The highest BCUT2D eigenvalue weighted by molar-refractivity contribution is 6.31. The molecular weight excluding hydrogens is 592 g/mol. The van der Waals surface area contributed by atoms with Gasteiger partial charge in [0.15, 0.2) is 0 Å². The Morgan fingerprint density at radius 2 is 1.76 bits per heavy atom. The predicted molar refractivity (Wildman–Crippen MR) is 175 cm³/mol. The van der Waals surface area contributed by atoms with E-state index >= 15 is 0 Å². The van der Waals surface area contributed by atoms with Crippen LogP contribution in [0.3, 0.4) is 0 Å². The van der Waals surface area contributed by atoms with Crippen molar-refractivity contribution in [3.63, 3.8) is 0 Å². The third kappa shape index (κ3) is 6.67. The number of H-pyrrole nitrogens is 1. The van der Waals surface area contributed by atoms with Gasteiger partial charge >= 0.3 is 6.03 Å². The van der Waals surface area contributed by atoms with Crippen molar-refractivity contribution in [2.24, 2.45) is 11.3 Å². The van der Waals surface area contributed by atoms with Crippen LogP contribution in [-0.4, -0.2) is 60.2 Å². The third-order valence-electron chi connectivity index (χ3n) is 9.38. The molecule has 11 heteroatoms. The van der Waals surface area contributed by atoms with Gasteiger partial charge in [0.2, 0.25) is 11.8 Å². The second-order valence-electron chi connectivity index (χ2n) is 13.0. The fourth-order valence-electron chi connectivity index (χ4n) is 6.53. The van der Waals surface area contributed by atoms with Crippen LogP contribution in [0.1, 0.15) is 82.8 Å². The Labute approximate surface area is 269 Å². The zero-order valence-electron chi connectivity index (χ0n) is 26.8. The molecule has 2 heterocycles. The molecule has 5 rings (SSSR count). The SMILES string of the molecule is CCNC(=O)N[C@H](c1nc2ccc(C3(C(=O)N[C@@H](C(=O)NCC)C(C)C)CCOC3)cc2[nH]1)[C@H](c1ccccc1Cl)C1(C)CC1. The molecule has 2 aromatic carbocycles.